The van der Waals surface area contributed by atoms with Gasteiger partial charge in [0.1, 0.15) is 35.9 Å². The number of benzene rings is 2. The predicted molar refractivity (Wildman–Crippen MR) is 131 cm³/mol. The van der Waals surface area contributed by atoms with Crippen LogP contribution in [0.5, 0.6) is 11.5 Å². The largest absolute Gasteiger partial charge is 0.493 e. The van der Waals surface area contributed by atoms with Crippen molar-refractivity contribution in [3.63, 3.8) is 0 Å². The van der Waals surface area contributed by atoms with Gasteiger partial charge in [0.05, 0.1) is 12.8 Å². The second-order valence-corrected chi connectivity index (χ2v) is 8.11. The molecule has 6 N–H and O–H groups in total. The van der Waals surface area contributed by atoms with Crippen LogP contribution in [0.25, 0.3) is 0 Å². The molecule has 2 heterocycles. The minimum Gasteiger partial charge on any atom is -0.493 e. The van der Waals surface area contributed by atoms with Crippen LogP contribution in [0, 0.1) is 22.8 Å². The number of nitrogens with zero attached hydrogens (tertiary/aromatic N) is 4. The Bertz CT molecular complexity index is 1380. The highest BCUT2D eigenvalue weighted by molar-refractivity contribution is 9.10. The van der Waals surface area contributed by atoms with Gasteiger partial charge in [-0.3, -0.25) is 5.32 Å². The lowest BCUT2D eigenvalue weighted by molar-refractivity contribution is 0.280. The topological polar surface area (TPSA) is 167 Å². The number of aromatic nitrogens is 1. The number of rotatable bonds is 5. The lowest BCUT2D eigenvalue weighted by atomic mass is 9.94. The van der Waals surface area contributed by atoms with Crippen LogP contribution in [0.1, 0.15) is 28.3 Å². The average Bonchev–Trinajstić information content (AvgIpc) is 2.82. The number of pyridine rings is 1. The fourth-order valence-corrected chi connectivity index (χ4v) is 4.10. The molecule has 3 aromatic rings. The number of methoxy groups -OCH3 is 1. The van der Waals surface area contributed by atoms with E-state index in [9.17, 15) is 5.26 Å². The first-order chi connectivity index (χ1) is 16.5. The zero-order chi connectivity index (χ0) is 24.2. The quantitative estimate of drug-likeness (QED) is 0.292. The summed E-state index contributed by atoms with van der Waals surface area (Å²) in [5, 5.41) is 24.1. The van der Waals surface area contributed by atoms with Gasteiger partial charge in [0.25, 0.3) is 0 Å². The van der Waals surface area contributed by atoms with Crippen molar-refractivity contribution in [3.05, 3.63) is 69.2 Å². The molecular formula is C23H19BrN8O2. The van der Waals surface area contributed by atoms with Crippen LogP contribution >= 0.6 is 15.9 Å². The third-order valence-electron chi connectivity index (χ3n) is 5.15. The maximum atomic E-state index is 9.55. The summed E-state index contributed by atoms with van der Waals surface area (Å²) in [6.45, 7) is 0.260. The summed E-state index contributed by atoms with van der Waals surface area (Å²) in [6, 6.07) is 14.3. The third kappa shape index (κ3) is 4.25. The van der Waals surface area contributed by atoms with Gasteiger partial charge < -0.3 is 26.3 Å². The van der Waals surface area contributed by atoms with E-state index >= 15 is 0 Å². The molecule has 10 nitrogen and oxygen atoms in total. The van der Waals surface area contributed by atoms with E-state index in [4.69, 9.17) is 26.2 Å². The fourth-order valence-electron chi connectivity index (χ4n) is 3.65. The minimum atomic E-state index is -0.764. The highest BCUT2D eigenvalue weighted by Gasteiger charge is 2.32. The maximum absolute atomic E-state index is 9.55. The van der Waals surface area contributed by atoms with Crippen LogP contribution in [0.2, 0.25) is 0 Å². The Hall–Kier alpha value is -4.48. The van der Waals surface area contributed by atoms with Gasteiger partial charge in [0, 0.05) is 15.6 Å². The van der Waals surface area contributed by atoms with Crippen molar-refractivity contribution >= 4 is 39.2 Å². The number of ether oxygens (including phenoxy) is 2. The van der Waals surface area contributed by atoms with Crippen molar-refractivity contribution in [2.24, 2.45) is 4.99 Å². The lowest BCUT2D eigenvalue weighted by Gasteiger charge is -2.27. The summed E-state index contributed by atoms with van der Waals surface area (Å²) in [6.07, 6.45) is 1.83. The number of anilines is 3. The number of nitrogen functional groups attached to an aromatic ring is 2. The summed E-state index contributed by atoms with van der Waals surface area (Å²) in [5.74, 6) is 1.34. The van der Waals surface area contributed by atoms with E-state index in [1.807, 2.05) is 42.6 Å². The first-order valence-corrected chi connectivity index (χ1v) is 10.8. The first kappa shape index (κ1) is 22.7. The van der Waals surface area contributed by atoms with Crippen molar-refractivity contribution in [2.45, 2.75) is 12.6 Å². The number of nitrogens with one attached hydrogen (secondary N) is 2. The molecule has 11 heteroatoms. The van der Waals surface area contributed by atoms with Crippen LogP contribution in [0.3, 0.4) is 0 Å². The Kier molecular flexibility index (Phi) is 6.39. The van der Waals surface area contributed by atoms with Crippen molar-refractivity contribution in [1.82, 2.24) is 10.3 Å². The van der Waals surface area contributed by atoms with E-state index in [0.717, 1.165) is 10.0 Å². The Morgan fingerprint density at radius 1 is 1.21 bits per heavy atom. The van der Waals surface area contributed by atoms with E-state index in [2.05, 4.69) is 36.5 Å². The van der Waals surface area contributed by atoms with Crippen LogP contribution in [0.15, 0.2) is 51.9 Å². The van der Waals surface area contributed by atoms with Crippen LogP contribution in [-0.2, 0) is 6.61 Å². The summed E-state index contributed by atoms with van der Waals surface area (Å²) in [4.78, 5) is 8.90. The zero-order valence-electron chi connectivity index (χ0n) is 18.0. The molecule has 0 saturated heterocycles. The monoisotopic (exact) mass is 518 g/mol. The van der Waals surface area contributed by atoms with Gasteiger partial charge in [-0.15, -0.1) is 0 Å². The van der Waals surface area contributed by atoms with E-state index in [1.165, 1.54) is 7.11 Å². The van der Waals surface area contributed by atoms with Crippen LogP contribution < -0.4 is 31.6 Å². The number of aliphatic imine (C=N–C) groups is 1. The molecule has 0 radical (unpaired) electrons. The molecule has 0 amide bonds. The number of fused-ring (bicyclic) bond motifs is 1. The SMILES string of the molecule is COc1cccc(C2N=C(NC#N)Nc3nc(N)c(C#N)c(N)c32)c1OCc1cccc(Br)c1. The highest BCUT2D eigenvalue weighted by Crippen LogP contribution is 2.45. The van der Waals surface area contributed by atoms with Crippen molar-refractivity contribution in [3.8, 4) is 23.8 Å². The molecule has 1 aliphatic heterocycles. The van der Waals surface area contributed by atoms with E-state index in [1.54, 1.807) is 12.1 Å². The molecule has 0 aliphatic carbocycles. The third-order valence-corrected chi connectivity index (χ3v) is 5.65. The summed E-state index contributed by atoms with van der Waals surface area (Å²) in [5.41, 5.74) is 14.5. The van der Waals surface area contributed by atoms with Crippen molar-refractivity contribution in [2.75, 3.05) is 23.9 Å². The molecule has 4 rings (SSSR count). The number of para-hydroxylation sites is 1. The number of halogens is 1. The molecule has 34 heavy (non-hydrogen) atoms. The predicted octanol–water partition coefficient (Wildman–Crippen LogP) is 3.41. The molecule has 2 aromatic carbocycles. The fraction of sp³-hybridized carbons (Fsp3) is 0.130. The van der Waals surface area contributed by atoms with Crippen LogP contribution in [0.4, 0.5) is 17.3 Å². The number of guanidine groups is 1. The normalized spacial score (nSPS) is 14.0. The smallest absolute Gasteiger partial charge is 0.211 e. The molecule has 1 unspecified atom stereocenters. The molecule has 170 valence electrons. The van der Waals surface area contributed by atoms with Crippen molar-refractivity contribution < 1.29 is 9.47 Å². The minimum absolute atomic E-state index is 0.0278. The zero-order valence-corrected chi connectivity index (χ0v) is 19.5. The maximum Gasteiger partial charge on any atom is 0.211 e. The van der Waals surface area contributed by atoms with Crippen molar-refractivity contribution in [1.29, 1.82) is 10.5 Å². The van der Waals surface area contributed by atoms with E-state index in [-0.39, 0.29) is 35.5 Å². The molecular weight excluding hydrogens is 500 g/mol. The molecule has 0 spiro atoms. The van der Waals surface area contributed by atoms with Gasteiger partial charge >= 0.3 is 0 Å². The van der Waals surface area contributed by atoms with Gasteiger partial charge in [-0.1, -0.05) is 40.2 Å². The summed E-state index contributed by atoms with van der Waals surface area (Å²) < 4.78 is 12.7. The summed E-state index contributed by atoms with van der Waals surface area (Å²) in [7, 11) is 1.54. The standard InChI is InChI=1S/C23H19BrN8O2/c1-33-16-7-3-6-14(20(16)34-10-12-4-2-5-13(24)8-12)19-17-18(27)15(9-25)21(28)31-22(17)32-23(30-19)29-11-26/h2-8,19H,10H2,1H3,(H6,27,28,29,30,31,32). The molecule has 0 bridgehead atoms. The molecule has 0 fully saturated rings. The van der Waals surface area contributed by atoms with Gasteiger partial charge in [0.2, 0.25) is 5.96 Å². The lowest BCUT2D eigenvalue weighted by Crippen LogP contribution is -2.33. The number of nitrogens with two attached hydrogens (primary N) is 2. The van der Waals surface area contributed by atoms with Crippen LogP contribution in [-0.4, -0.2) is 18.1 Å². The molecule has 1 aliphatic rings. The first-order valence-electron chi connectivity index (χ1n) is 9.99. The second kappa shape index (κ2) is 9.57. The summed E-state index contributed by atoms with van der Waals surface area (Å²) >= 11 is 3.46. The Balaban J connectivity index is 1.86. The van der Waals surface area contributed by atoms with Gasteiger partial charge in [-0.25, -0.2) is 9.98 Å². The molecule has 1 atom stereocenters. The van der Waals surface area contributed by atoms with Gasteiger partial charge in [0.15, 0.2) is 17.7 Å². The Morgan fingerprint density at radius 2 is 2.00 bits per heavy atom. The van der Waals surface area contributed by atoms with E-state index in [0.29, 0.717) is 22.6 Å². The van der Waals surface area contributed by atoms with Gasteiger partial charge in [-0.2, -0.15) is 10.5 Å². The number of hydrogen-bond donors (Lipinski definition) is 4. The second-order valence-electron chi connectivity index (χ2n) is 7.20. The number of hydrogen-bond acceptors (Lipinski definition) is 10. The number of nitriles is 2. The Morgan fingerprint density at radius 3 is 2.71 bits per heavy atom. The average molecular weight is 519 g/mol. The highest BCUT2D eigenvalue weighted by atomic mass is 79.9. The molecule has 1 aromatic heterocycles. The Labute approximate surface area is 204 Å². The van der Waals surface area contributed by atoms with Gasteiger partial charge in [-0.05, 0) is 23.8 Å². The molecule has 0 saturated carbocycles. The van der Waals surface area contributed by atoms with E-state index < -0.39 is 6.04 Å².